The molecule has 0 atom stereocenters. The number of nitrogens with zero attached hydrogens (tertiary/aromatic N) is 1. The Morgan fingerprint density at radius 3 is 2.83 bits per heavy atom. The van der Waals surface area contributed by atoms with E-state index in [1.54, 1.807) is 36.9 Å². The van der Waals surface area contributed by atoms with Crippen LogP contribution in [0, 0.1) is 6.92 Å². The number of aromatic nitrogens is 1. The van der Waals surface area contributed by atoms with Crippen molar-refractivity contribution < 1.29 is 19.0 Å². The molecule has 0 fully saturated rings. The van der Waals surface area contributed by atoms with Gasteiger partial charge in [0.25, 0.3) is 5.91 Å². The van der Waals surface area contributed by atoms with Gasteiger partial charge in [-0.2, -0.15) is 0 Å². The van der Waals surface area contributed by atoms with E-state index >= 15 is 0 Å². The highest BCUT2D eigenvalue weighted by molar-refractivity contribution is 7.21. The van der Waals surface area contributed by atoms with E-state index in [1.807, 2.05) is 42.6 Å². The molecular formula is C21H20N2O4S2. The normalized spacial score (nSPS) is 11.0. The zero-order valence-corrected chi connectivity index (χ0v) is 17.9. The molecule has 0 aliphatic carbocycles. The second kappa shape index (κ2) is 8.26. The highest BCUT2D eigenvalue weighted by Crippen LogP contribution is 2.38. The van der Waals surface area contributed by atoms with Gasteiger partial charge in [-0.3, -0.25) is 4.79 Å². The molecule has 0 bridgehead atoms. The predicted octanol–water partition coefficient (Wildman–Crippen LogP) is 4.53. The molecule has 4 aromatic rings. The number of carbonyl (C=O) groups excluding carboxylic acids is 1. The van der Waals surface area contributed by atoms with E-state index in [1.165, 1.54) is 0 Å². The lowest BCUT2D eigenvalue weighted by Gasteiger charge is -2.13. The maximum Gasteiger partial charge on any atom is 0.258 e. The third-order valence-corrected chi connectivity index (χ3v) is 6.33. The smallest absolute Gasteiger partial charge is 0.258 e. The number of hydrogen-bond acceptors (Lipinski definition) is 7. The quantitative estimate of drug-likeness (QED) is 0.468. The minimum Gasteiger partial charge on any atom is -0.493 e. The maximum absolute atomic E-state index is 12.4. The zero-order chi connectivity index (χ0) is 20.4. The Morgan fingerprint density at radius 2 is 2.03 bits per heavy atom. The van der Waals surface area contributed by atoms with E-state index in [-0.39, 0.29) is 12.5 Å². The van der Waals surface area contributed by atoms with Gasteiger partial charge in [-0.05, 0) is 24.4 Å². The standard InChI is InChI=1S/C21H20N2O4S2/c1-12-23-19-17(29-12)9-16(14-7-8-28-21(14)19)27-11-18(24)22-10-13-5-4-6-15(25-2)20(13)26-3/h4-9H,10-11H2,1-3H3,(H,22,24). The largest absolute Gasteiger partial charge is 0.493 e. The van der Waals surface area contributed by atoms with E-state index in [0.717, 1.165) is 30.9 Å². The van der Waals surface area contributed by atoms with Gasteiger partial charge in [-0.1, -0.05) is 12.1 Å². The Hall–Kier alpha value is -2.84. The van der Waals surface area contributed by atoms with Crippen molar-refractivity contribution in [2.75, 3.05) is 20.8 Å². The fourth-order valence-electron chi connectivity index (χ4n) is 3.19. The van der Waals surface area contributed by atoms with E-state index in [2.05, 4.69) is 10.3 Å². The number of thiophene rings is 1. The van der Waals surface area contributed by atoms with E-state index in [4.69, 9.17) is 14.2 Å². The van der Waals surface area contributed by atoms with Crippen LogP contribution in [0.4, 0.5) is 0 Å². The number of rotatable bonds is 7. The van der Waals surface area contributed by atoms with Crippen molar-refractivity contribution in [3.05, 3.63) is 46.3 Å². The molecule has 1 N–H and O–H groups in total. The number of methoxy groups -OCH3 is 2. The number of fused-ring (bicyclic) bond motifs is 3. The van der Waals surface area contributed by atoms with Crippen LogP contribution in [0.2, 0.25) is 0 Å². The monoisotopic (exact) mass is 428 g/mol. The first-order chi connectivity index (χ1) is 14.1. The summed E-state index contributed by atoms with van der Waals surface area (Å²) in [6, 6.07) is 9.53. The van der Waals surface area contributed by atoms with E-state index < -0.39 is 0 Å². The molecule has 6 nitrogen and oxygen atoms in total. The number of aryl methyl sites for hydroxylation is 1. The third-order valence-electron chi connectivity index (χ3n) is 4.49. The van der Waals surface area contributed by atoms with Crippen LogP contribution in [-0.4, -0.2) is 31.7 Å². The molecule has 0 unspecified atom stereocenters. The molecule has 2 aromatic heterocycles. The van der Waals surface area contributed by atoms with Gasteiger partial charge in [0, 0.05) is 23.6 Å². The van der Waals surface area contributed by atoms with Crippen LogP contribution in [0.5, 0.6) is 17.2 Å². The zero-order valence-electron chi connectivity index (χ0n) is 16.3. The number of carbonyl (C=O) groups is 1. The van der Waals surface area contributed by atoms with Crippen LogP contribution in [-0.2, 0) is 11.3 Å². The number of ether oxygens (including phenoxy) is 3. The van der Waals surface area contributed by atoms with Crippen molar-refractivity contribution in [1.82, 2.24) is 10.3 Å². The second-order valence-electron chi connectivity index (χ2n) is 6.34. The first-order valence-corrected chi connectivity index (χ1v) is 10.7. The molecule has 8 heteroatoms. The van der Waals surface area contributed by atoms with E-state index in [0.29, 0.717) is 23.8 Å². The summed E-state index contributed by atoms with van der Waals surface area (Å²) in [5, 5.41) is 6.88. The molecule has 0 saturated carbocycles. The Kier molecular flexibility index (Phi) is 5.55. The summed E-state index contributed by atoms with van der Waals surface area (Å²) in [5.41, 5.74) is 1.83. The first-order valence-electron chi connectivity index (χ1n) is 8.97. The van der Waals surface area contributed by atoms with Crippen molar-refractivity contribution in [3.63, 3.8) is 0 Å². The van der Waals surface area contributed by atoms with Gasteiger partial charge in [-0.15, -0.1) is 22.7 Å². The topological polar surface area (TPSA) is 69.7 Å². The van der Waals surface area contributed by atoms with Crippen LogP contribution in [0.15, 0.2) is 35.7 Å². The minimum absolute atomic E-state index is 0.0689. The number of amides is 1. The molecule has 0 saturated heterocycles. The van der Waals surface area contributed by atoms with Gasteiger partial charge in [0.05, 0.1) is 34.1 Å². The Bertz CT molecular complexity index is 1180. The van der Waals surface area contributed by atoms with Gasteiger partial charge in [-0.25, -0.2) is 4.98 Å². The molecule has 0 aliphatic heterocycles. The average Bonchev–Trinajstić information content (AvgIpc) is 3.35. The number of benzene rings is 2. The van der Waals surface area contributed by atoms with Gasteiger partial charge in [0.2, 0.25) is 0 Å². The van der Waals surface area contributed by atoms with E-state index in [9.17, 15) is 4.79 Å². The molecular weight excluding hydrogens is 408 g/mol. The fraction of sp³-hybridized carbons (Fsp3) is 0.238. The molecule has 1 amide bonds. The molecule has 2 heterocycles. The molecule has 150 valence electrons. The lowest BCUT2D eigenvalue weighted by atomic mass is 10.2. The Morgan fingerprint density at radius 1 is 1.17 bits per heavy atom. The van der Waals surface area contributed by atoms with Crippen LogP contribution in [0.25, 0.3) is 20.3 Å². The third kappa shape index (κ3) is 3.86. The van der Waals surface area contributed by atoms with Crippen LogP contribution >= 0.6 is 22.7 Å². The number of hydrogen-bond donors (Lipinski definition) is 1. The summed E-state index contributed by atoms with van der Waals surface area (Å²) < 4.78 is 18.7. The maximum atomic E-state index is 12.4. The van der Waals surface area contributed by atoms with Crippen molar-refractivity contribution in [2.24, 2.45) is 0 Å². The highest BCUT2D eigenvalue weighted by Gasteiger charge is 2.14. The minimum atomic E-state index is -0.209. The molecule has 2 aromatic carbocycles. The van der Waals surface area contributed by atoms with Crippen molar-refractivity contribution in [3.8, 4) is 17.2 Å². The SMILES string of the molecule is COc1cccc(CNC(=O)COc2cc3sc(C)nc3c3sccc23)c1OC. The van der Waals surface area contributed by atoms with Crippen LogP contribution < -0.4 is 19.5 Å². The summed E-state index contributed by atoms with van der Waals surface area (Å²) in [4.78, 5) is 17.0. The van der Waals surface area contributed by atoms with Crippen LogP contribution in [0.3, 0.4) is 0 Å². The Balaban J connectivity index is 1.46. The highest BCUT2D eigenvalue weighted by atomic mass is 32.1. The summed E-state index contributed by atoms with van der Waals surface area (Å²) in [6.07, 6.45) is 0. The molecule has 0 spiro atoms. The van der Waals surface area contributed by atoms with Gasteiger partial charge < -0.3 is 19.5 Å². The number of thiazole rings is 1. The lowest BCUT2D eigenvalue weighted by Crippen LogP contribution is -2.28. The average molecular weight is 429 g/mol. The Labute approximate surface area is 176 Å². The molecule has 29 heavy (non-hydrogen) atoms. The van der Waals surface area contributed by atoms with Crippen molar-refractivity contribution in [1.29, 1.82) is 0 Å². The predicted molar refractivity (Wildman–Crippen MR) is 117 cm³/mol. The van der Waals surface area contributed by atoms with Crippen LogP contribution in [0.1, 0.15) is 10.6 Å². The van der Waals surface area contributed by atoms with Crippen molar-refractivity contribution >= 4 is 48.9 Å². The fourth-order valence-corrected chi connectivity index (χ4v) is 5.02. The summed E-state index contributed by atoms with van der Waals surface area (Å²) in [6.45, 7) is 2.24. The molecule has 4 rings (SSSR count). The first kappa shape index (κ1) is 19.5. The molecule has 0 aliphatic rings. The molecule has 0 radical (unpaired) electrons. The van der Waals surface area contributed by atoms with Gasteiger partial charge >= 0.3 is 0 Å². The summed E-state index contributed by atoms with van der Waals surface area (Å²) in [7, 11) is 3.16. The van der Waals surface area contributed by atoms with Gasteiger partial charge in [0.1, 0.15) is 5.75 Å². The lowest BCUT2D eigenvalue weighted by molar-refractivity contribution is -0.123. The summed E-state index contributed by atoms with van der Waals surface area (Å²) >= 11 is 3.25. The van der Waals surface area contributed by atoms with Crippen molar-refractivity contribution in [2.45, 2.75) is 13.5 Å². The summed E-state index contributed by atoms with van der Waals surface area (Å²) in [5.74, 6) is 1.73. The second-order valence-corrected chi connectivity index (χ2v) is 8.49. The van der Waals surface area contributed by atoms with Gasteiger partial charge in [0.15, 0.2) is 18.1 Å². The number of nitrogens with one attached hydrogen (secondary N) is 1. The number of para-hydroxylation sites is 1.